The third-order valence-corrected chi connectivity index (χ3v) is 3.59. The number of hydrogen-bond acceptors (Lipinski definition) is 3. The monoisotopic (exact) mass is 262 g/mol. The number of amides is 1. The van der Waals surface area contributed by atoms with Crippen molar-refractivity contribution in [1.82, 2.24) is 10.3 Å². The maximum atomic E-state index is 11.9. The Balaban J connectivity index is 2.02. The summed E-state index contributed by atoms with van der Waals surface area (Å²) in [7, 11) is 0. The van der Waals surface area contributed by atoms with Crippen LogP contribution in [0.2, 0.25) is 0 Å². The molecule has 0 radical (unpaired) electrons. The van der Waals surface area contributed by atoms with Crippen LogP contribution in [0.15, 0.2) is 29.1 Å². The van der Waals surface area contributed by atoms with Crippen LogP contribution in [0.3, 0.4) is 0 Å². The van der Waals surface area contributed by atoms with Crippen molar-refractivity contribution in [3.8, 4) is 0 Å². The van der Waals surface area contributed by atoms with Gasteiger partial charge < -0.3 is 10.3 Å². The first-order valence-corrected chi connectivity index (χ1v) is 6.41. The number of carbonyl (C=O) groups is 1. The summed E-state index contributed by atoms with van der Waals surface area (Å²) < 4.78 is 0. The largest absolute Gasteiger partial charge is 0.347 e. The lowest BCUT2D eigenvalue weighted by Crippen LogP contribution is -2.22. The quantitative estimate of drug-likeness (QED) is 0.888. The second-order valence-corrected chi connectivity index (χ2v) is 5.12. The van der Waals surface area contributed by atoms with Gasteiger partial charge in [-0.05, 0) is 19.4 Å². The minimum Gasteiger partial charge on any atom is -0.347 e. The highest BCUT2D eigenvalue weighted by molar-refractivity contribution is 7.11. The number of carbonyl (C=O) groups excluding carboxylic acids is 1. The van der Waals surface area contributed by atoms with Crippen LogP contribution in [0, 0.1) is 13.8 Å². The number of benzene rings is 1. The molecule has 5 heteroatoms. The molecule has 2 rings (SSSR count). The van der Waals surface area contributed by atoms with Gasteiger partial charge in [0.25, 0.3) is 5.91 Å². The normalized spacial score (nSPS) is 10.3. The maximum Gasteiger partial charge on any atom is 0.305 e. The number of H-pyrrole nitrogens is 1. The molecule has 4 nitrogen and oxygen atoms in total. The third-order valence-electron chi connectivity index (χ3n) is 2.60. The van der Waals surface area contributed by atoms with Crippen molar-refractivity contribution < 1.29 is 4.79 Å². The minimum atomic E-state index is -0.212. The summed E-state index contributed by atoms with van der Waals surface area (Å²) in [5, 5.41) is 2.80. The number of rotatable bonds is 3. The summed E-state index contributed by atoms with van der Waals surface area (Å²) in [4.78, 5) is 25.8. The fourth-order valence-electron chi connectivity index (χ4n) is 1.59. The number of thiazole rings is 1. The molecule has 2 N–H and O–H groups in total. The predicted molar refractivity (Wildman–Crippen MR) is 72.0 cm³/mol. The Morgan fingerprint density at radius 2 is 1.94 bits per heavy atom. The molecule has 0 atom stereocenters. The fourth-order valence-corrected chi connectivity index (χ4v) is 2.35. The summed E-state index contributed by atoms with van der Waals surface area (Å²) in [6, 6.07) is 7.95. The highest BCUT2D eigenvalue weighted by Gasteiger charge is 2.12. The van der Waals surface area contributed by atoms with Crippen LogP contribution in [0.1, 0.15) is 26.5 Å². The van der Waals surface area contributed by atoms with Gasteiger partial charge in [-0.3, -0.25) is 9.59 Å². The second kappa shape index (κ2) is 5.18. The first-order valence-electron chi connectivity index (χ1n) is 5.59. The highest BCUT2D eigenvalue weighted by Crippen LogP contribution is 2.08. The lowest BCUT2D eigenvalue weighted by Gasteiger charge is -2.04. The van der Waals surface area contributed by atoms with Crippen molar-refractivity contribution in [2.24, 2.45) is 0 Å². The molecule has 1 aromatic heterocycles. The summed E-state index contributed by atoms with van der Waals surface area (Å²) in [6.45, 7) is 4.20. The predicted octanol–water partition coefficient (Wildman–Crippen LogP) is 1.98. The zero-order valence-electron chi connectivity index (χ0n) is 10.2. The van der Waals surface area contributed by atoms with Gasteiger partial charge >= 0.3 is 4.87 Å². The molecule has 0 aliphatic rings. The summed E-state index contributed by atoms with van der Waals surface area (Å²) >= 11 is 0.937. The molecule has 0 unspecified atom stereocenters. The first-order chi connectivity index (χ1) is 8.56. The zero-order chi connectivity index (χ0) is 13.1. The Labute approximate surface area is 109 Å². The van der Waals surface area contributed by atoms with E-state index < -0.39 is 0 Å². The van der Waals surface area contributed by atoms with Crippen molar-refractivity contribution in [3.05, 3.63) is 55.6 Å². The van der Waals surface area contributed by atoms with E-state index in [1.165, 1.54) is 5.56 Å². The van der Waals surface area contributed by atoms with E-state index in [2.05, 4.69) is 10.3 Å². The van der Waals surface area contributed by atoms with Gasteiger partial charge in [0.2, 0.25) is 0 Å². The topological polar surface area (TPSA) is 62.0 Å². The molecular weight excluding hydrogens is 248 g/mol. The van der Waals surface area contributed by atoms with E-state index in [0.717, 1.165) is 16.9 Å². The van der Waals surface area contributed by atoms with Crippen LogP contribution >= 0.6 is 11.3 Å². The van der Waals surface area contributed by atoms with E-state index in [4.69, 9.17) is 0 Å². The Bertz CT molecular complexity index is 611. The average molecular weight is 262 g/mol. The van der Waals surface area contributed by atoms with Crippen LogP contribution in [0.25, 0.3) is 0 Å². The Morgan fingerprint density at radius 3 is 2.50 bits per heavy atom. The van der Waals surface area contributed by atoms with Crippen LogP contribution < -0.4 is 10.2 Å². The molecule has 18 heavy (non-hydrogen) atoms. The number of nitrogens with one attached hydrogen (secondary N) is 2. The SMILES string of the molecule is Cc1ccc(CNC(=O)c2sc(=O)[nH]c2C)cc1. The minimum absolute atomic E-state index is 0.201. The molecule has 0 saturated carbocycles. The number of aromatic nitrogens is 1. The molecule has 0 aliphatic carbocycles. The molecule has 2 aromatic rings. The lowest BCUT2D eigenvalue weighted by atomic mass is 10.1. The fraction of sp³-hybridized carbons (Fsp3) is 0.231. The van der Waals surface area contributed by atoms with E-state index in [-0.39, 0.29) is 10.8 Å². The molecule has 1 heterocycles. The Hall–Kier alpha value is -1.88. The van der Waals surface area contributed by atoms with Crippen LogP contribution in [-0.2, 0) is 6.54 Å². The van der Waals surface area contributed by atoms with Crippen LogP contribution in [0.4, 0.5) is 0 Å². The van der Waals surface area contributed by atoms with Crippen LogP contribution in [0.5, 0.6) is 0 Å². The molecule has 1 aromatic carbocycles. The van der Waals surface area contributed by atoms with Crippen molar-refractivity contribution in [2.75, 3.05) is 0 Å². The van der Waals surface area contributed by atoms with Crippen molar-refractivity contribution in [2.45, 2.75) is 20.4 Å². The molecule has 0 spiro atoms. The van der Waals surface area contributed by atoms with E-state index >= 15 is 0 Å². The summed E-state index contributed by atoms with van der Waals surface area (Å²) in [5.41, 5.74) is 2.84. The van der Waals surface area contributed by atoms with E-state index in [9.17, 15) is 9.59 Å². The summed E-state index contributed by atoms with van der Waals surface area (Å²) in [6.07, 6.45) is 0. The molecule has 0 aliphatic heterocycles. The van der Waals surface area contributed by atoms with Crippen LogP contribution in [-0.4, -0.2) is 10.9 Å². The van der Waals surface area contributed by atoms with E-state index in [0.29, 0.717) is 17.1 Å². The zero-order valence-corrected chi connectivity index (χ0v) is 11.1. The molecular formula is C13H14N2O2S. The molecule has 1 amide bonds. The number of hydrogen-bond donors (Lipinski definition) is 2. The first kappa shape index (κ1) is 12.6. The molecule has 0 fully saturated rings. The van der Waals surface area contributed by atoms with Crippen molar-refractivity contribution >= 4 is 17.2 Å². The maximum absolute atomic E-state index is 11.9. The van der Waals surface area contributed by atoms with Gasteiger partial charge in [0.05, 0.1) is 0 Å². The third kappa shape index (κ3) is 2.87. The second-order valence-electron chi connectivity index (χ2n) is 4.14. The highest BCUT2D eigenvalue weighted by atomic mass is 32.1. The van der Waals surface area contributed by atoms with Gasteiger partial charge in [-0.15, -0.1) is 0 Å². The molecule has 0 bridgehead atoms. The Kier molecular flexibility index (Phi) is 3.62. The number of aryl methyl sites for hydroxylation is 2. The van der Waals surface area contributed by atoms with E-state index in [1.54, 1.807) is 6.92 Å². The number of aromatic amines is 1. The lowest BCUT2D eigenvalue weighted by molar-refractivity contribution is 0.0954. The van der Waals surface area contributed by atoms with Gasteiger partial charge in [0.15, 0.2) is 0 Å². The van der Waals surface area contributed by atoms with Gasteiger partial charge in [0, 0.05) is 12.2 Å². The molecule has 94 valence electrons. The molecule has 0 saturated heterocycles. The van der Waals surface area contributed by atoms with Gasteiger partial charge in [-0.2, -0.15) is 0 Å². The van der Waals surface area contributed by atoms with Crippen molar-refractivity contribution in [1.29, 1.82) is 0 Å². The standard InChI is InChI=1S/C13H14N2O2S/c1-8-3-5-10(6-4-8)7-14-12(16)11-9(2)15-13(17)18-11/h3-6H,7H2,1-2H3,(H,14,16)(H,15,17). The Morgan fingerprint density at radius 1 is 1.28 bits per heavy atom. The van der Waals surface area contributed by atoms with Gasteiger partial charge in [0.1, 0.15) is 4.88 Å². The smallest absolute Gasteiger partial charge is 0.305 e. The van der Waals surface area contributed by atoms with Gasteiger partial charge in [-0.25, -0.2) is 0 Å². The average Bonchev–Trinajstić information content (AvgIpc) is 2.67. The van der Waals surface area contributed by atoms with Gasteiger partial charge in [-0.1, -0.05) is 41.2 Å². The van der Waals surface area contributed by atoms with E-state index in [1.807, 2.05) is 31.2 Å². The van der Waals surface area contributed by atoms with Crippen molar-refractivity contribution in [3.63, 3.8) is 0 Å². The summed E-state index contributed by atoms with van der Waals surface area (Å²) in [5.74, 6) is -0.212.